The van der Waals surface area contributed by atoms with Crippen LogP contribution in [0.1, 0.15) is 51.2 Å². The molecule has 0 unspecified atom stereocenters. The van der Waals surface area contributed by atoms with E-state index in [-0.39, 0.29) is 28.2 Å². The molecule has 1 atom stereocenters. The van der Waals surface area contributed by atoms with Gasteiger partial charge in [-0.25, -0.2) is 13.1 Å². The standard InChI is InChI=1S/C24H30N2O3S/c1-17(16-24(2,3)20-7-5-4-6-8-20)25-30(28,29)21-11-12-22-19(15-21)13-14-26(22)23(27)18-9-10-18/h4-8,11-12,15,17-18,25H,9-10,13-14,16H2,1-3H3/t17-/m0/s1. The molecular formula is C24H30N2O3S. The molecule has 1 N–H and O–H groups in total. The van der Waals surface area contributed by atoms with Gasteiger partial charge in [0.25, 0.3) is 0 Å². The lowest BCUT2D eigenvalue weighted by molar-refractivity contribution is -0.119. The monoisotopic (exact) mass is 426 g/mol. The van der Waals surface area contributed by atoms with Gasteiger partial charge in [-0.2, -0.15) is 0 Å². The molecule has 0 radical (unpaired) electrons. The van der Waals surface area contributed by atoms with Gasteiger partial charge in [0.2, 0.25) is 15.9 Å². The number of sulfonamides is 1. The smallest absolute Gasteiger partial charge is 0.240 e. The summed E-state index contributed by atoms with van der Waals surface area (Å²) in [6, 6.07) is 15.1. The highest BCUT2D eigenvalue weighted by molar-refractivity contribution is 7.89. The van der Waals surface area contributed by atoms with E-state index >= 15 is 0 Å². The molecule has 1 aliphatic carbocycles. The Balaban J connectivity index is 1.47. The van der Waals surface area contributed by atoms with Gasteiger partial charge in [-0.3, -0.25) is 4.79 Å². The molecule has 30 heavy (non-hydrogen) atoms. The third-order valence-electron chi connectivity index (χ3n) is 6.18. The predicted octanol–water partition coefficient (Wildman–Crippen LogP) is 4.02. The first kappa shape index (κ1) is 21.1. The number of hydrogen-bond acceptors (Lipinski definition) is 3. The summed E-state index contributed by atoms with van der Waals surface area (Å²) in [4.78, 5) is 14.5. The Hall–Kier alpha value is -2.18. The molecule has 1 aliphatic heterocycles. The number of hydrogen-bond donors (Lipinski definition) is 1. The minimum atomic E-state index is -3.63. The second-order valence-electron chi connectivity index (χ2n) is 9.28. The third-order valence-corrected chi connectivity index (χ3v) is 7.76. The number of rotatable bonds is 7. The lowest BCUT2D eigenvalue weighted by Gasteiger charge is -2.29. The van der Waals surface area contributed by atoms with Crippen LogP contribution in [0.15, 0.2) is 53.4 Å². The van der Waals surface area contributed by atoms with Crippen LogP contribution in [0.25, 0.3) is 0 Å². The van der Waals surface area contributed by atoms with E-state index in [1.54, 1.807) is 18.2 Å². The Morgan fingerprint density at radius 2 is 1.87 bits per heavy atom. The van der Waals surface area contributed by atoms with Gasteiger partial charge >= 0.3 is 0 Å². The maximum absolute atomic E-state index is 13.0. The first-order valence-electron chi connectivity index (χ1n) is 10.7. The highest BCUT2D eigenvalue weighted by Gasteiger charge is 2.37. The average molecular weight is 427 g/mol. The maximum Gasteiger partial charge on any atom is 0.240 e. The van der Waals surface area contributed by atoms with Gasteiger partial charge in [0, 0.05) is 24.2 Å². The summed E-state index contributed by atoms with van der Waals surface area (Å²) in [5.74, 6) is 0.342. The van der Waals surface area contributed by atoms with Crippen LogP contribution in [0.3, 0.4) is 0 Å². The molecule has 1 amide bonds. The lowest BCUT2D eigenvalue weighted by atomic mass is 9.79. The van der Waals surface area contributed by atoms with E-state index in [9.17, 15) is 13.2 Å². The summed E-state index contributed by atoms with van der Waals surface area (Å²) in [6.07, 6.45) is 3.33. The van der Waals surface area contributed by atoms with Crippen molar-refractivity contribution in [3.05, 3.63) is 59.7 Å². The summed E-state index contributed by atoms with van der Waals surface area (Å²) >= 11 is 0. The van der Waals surface area contributed by atoms with Crippen molar-refractivity contribution in [2.75, 3.05) is 11.4 Å². The molecule has 4 rings (SSSR count). The van der Waals surface area contributed by atoms with Crippen molar-refractivity contribution in [1.29, 1.82) is 0 Å². The zero-order valence-electron chi connectivity index (χ0n) is 17.9. The molecule has 0 bridgehead atoms. The zero-order chi connectivity index (χ0) is 21.5. The fraction of sp³-hybridized carbons (Fsp3) is 0.458. The van der Waals surface area contributed by atoms with Crippen LogP contribution in [0.5, 0.6) is 0 Å². The average Bonchev–Trinajstić information content (AvgIpc) is 3.46. The fourth-order valence-electron chi connectivity index (χ4n) is 4.47. The number of anilines is 1. The van der Waals surface area contributed by atoms with Crippen molar-refractivity contribution in [2.24, 2.45) is 5.92 Å². The fourth-order valence-corrected chi connectivity index (χ4v) is 5.77. The summed E-state index contributed by atoms with van der Waals surface area (Å²) in [5.41, 5.74) is 2.84. The van der Waals surface area contributed by atoms with Crippen molar-refractivity contribution in [1.82, 2.24) is 4.72 Å². The molecule has 1 fully saturated rings. The lowest BCUT2D eigenvalue weighted by Crippen LogP contribution is -2.37. The first-order chi connectivity index (χ1) is 14.2. The van der Waals surface area contributed by atoms with Crippen LogP contribution in [0.4, 0.5) is 5.69 Å². The third kappa shape index (κ3) is 4.30. The summed E-state index contributed by atoms with van der Waals surface area (Å²) in [5, 5.41) is 0. The number of amides is 1. The number of carbonyl (C=O) groups is 1. The molecule has 6 heteroatoms. The van der Waals surface area contributed by atoms with Crippen LogP contribution >= 0.6 is 0 Å². The minimum Gasteiger partial charge on any atom is -0.312 e. The Morgan fingerprint density at radius 1 is 1.17 bits per heavy atom. The second kappa shape index (κ2) is 7.82. The van der Waals surface area contributed by atoms with E-state index in [1.807, 2.05) is 30.0 Å². The highest BCUT2D eigenvalue weighted by Crippen LogP contribution is 2.37. The van der Waals surface area contributed by atoms with E-state index in [0.717, 1.165) is 24.1 Å². The van der Waals surface area contributed by atoms with Crippen LogP contribution in [0.2, 0.25) is 0 Å². The molecule has 2 aromatic rings. The predicted molar refractivity (Wildman–Crippen MR) is 119 cm³/mol. The Labute approximate surface area is 179 Å². The quantitative estimate of drug-likeness (QED) is 0.727. The molecule has 1 heterocycles. The largest absolute Gasteiger partial charge is 0.312 e. The van der Waals surface area contributed by atoms with E-state index in [2.05, 4.69) is 30.7 Å². The summed E-state index contributed by atoms with van der Waals surface area (Å²) in [6.45, 7) is 6.82. The minimum absolute atomic E-state index is 0.148. The van der Waals surface area contributed by atoms with Crippen molar-refractivity contribution in [3.8, 4) is 0 Å². The van der Waals surface area contributed by atoms with Crippen LogP contribution < -0.4 is 9.62 Å². The van der Waals surface area contributed by atoms with Gasteiger partial charge < -0.3 is 4.90 Å². The normalized spacial score (nSPS) is 17.6. The summed E-state index contributed by atoms with van der Waals surface area (Å²) < 4.78 is 28.9. The van der Waals surface area contributed by atoms with Gasteiger partial charge in [0.15, 0.2) is 0 Å². The van der Waals surface area contributed by atoms with E-state index in [1.165, 1.54) is 5.56 Å². The molecule has 160 valence electrons. The van der Waals surface area contributed by atoms with Crippen molar-refractivity contribution in [2.45, 2.75) is 62.8 Å². The van der Waals surface area contributed by atoms with Crippen molar-refractivity contribution < 1.29 is 13.2 Å². The van der Waals surface area contributed by atoms with Crippen LogP contribution in [-0.2, 0) is 26.7 Å². The number of fused-ring (bicyclic) bond motifs is 1. The molecule has 0 saturated heterocycles. The Morgan fingerprint density at radius 3 is 2.53 bits per heavy atom. The molecule has 0 aromatic heterocycles. The van der Waals surface area contributed by atoms with Crippen molar-refractivity contribution in [3.63, 3.8) is 0 Å². The van der Waals surface area contributed by atoms with Crippen molar-refractivity contribution >= 4 is 21.6 Å². The number of nitrogens with one attached hydrogen (secondary N) is 1. The molecule has 5 nitrogen and oxygen atoms in total. The van der Waals surface area contributed by atoms with Gasteiger partial charge in [-0.05, 0) is 67.3 Å². The maximum atomic E-state index is 13.0. The highest BCUT2D eigenvalue weighted by atomic mass is 32.2. The number of benzene rings is 2. The number of carbonyl (C=O) groups excluding carboxylic acids is 1. The topological polar surface area (TPSA) is 66.5 Å². The molecule has 0 spiro atoms. The molecular weight excluding hydrogens is 396 g/mol. The number of nitrogens with zero attached hydrogens (tertiary/aromatic N) is 1. The zero-order valence-corrected chi connectivity index (χ0v) is 18.7. The van der Waals surface area contributed by atoms with Gasteiger partial charge in [-0.15, -0.1) is 0 Å². The Bertz CT molecular complexity index is 1040. The molecule has 1 saturated carbocycles. The molecule has 2 aliphatic rings. The van der Waals surface area contributed by atoms with E-state index in [4.69, 9.17) is 0 Å². The second-order valence-corrected chi connectivity index (χ2v) is 11.0. The molecule has 2 aromatic carbocycles. The van der Waals surface area contributed by atoms with Crippen LogP contribution in [0, 0.1) is 5.92 Å². The first-order valence-corrected chi connectivity index (χ1v) is 12.2. The summed E-state index contributed by atoms with van der Waals surface area (Å²) in [7, 11) is -3.63. The van der Waals surface area contributed by atoms with E-state index in [0.29, 0.717) is 19.4 Å². The van der Waals surface area contributed by atoms with Gasteiger partial charge in [-0.1, -0.05) is 44.2 Å². The van der Waals surface area contributed by atoms with E-state index < -0.39 is 10.0 Å². The van der Waals surface area contributed by atoms with Crippen LogP contribution in [-0.4, -0.2) is 26.9 Å². The van der Waals surface area contributed by atoms with Gasteiger partial charge in [0.1, 0.15) is 0 Å². The Kier molecular flexibility index (Phi) is 5.49. The SMILES string of the molecule is C[C@@H](CC(C)(C)c1ccccc1)NS(=O)(=O)c1ccc2c(c1)CCN2C(=O)C1CC1. The van der Waals surface area contributed by atoms with Gasteiger partial charge in [0.05, 0.1) is 4.90 Å².